The van der Waals surface area contributed by atoms with Gasteiger partial charge in [-0.15, -0.1) is 0 Å². The van der Waals surface area contributed by atoms with E-state index in [1.807, 2.05) is 6.92 Å². The second-order valence-corrected chi connectivity index (χ2v) is 6.52. The monoisotopic (exact) mass is 268 g/mol. The third kappa shape index (κ3) is 4.18. The van der Waals surface area contributed by atoms with Crippen LogP contribution in [0.3, 0.4) is 0 Å². The van der Waals surface area contributed by atoms with Gasteiger partial charge in [0.05, 0.1) is 0 Å². The highest BCUT2D eigenvalue weighted by Gasteiger charge is 2.38. The van der Waals surface area contributed by atoms with Crippen LogP contribution in [0.15, 0.2) is 0 Å². The predicted molar refractivity (Wildman–Crippen MR) is 76.3 cm³/mol. The van der Waals surface area contributed by atoms with Gasteiger partial charge in [-0.2, -0.15) is 0 Å². The number of carboxylic acids is 1. The van der Waals surface area contributed by atoms with Crippen molar-refractivity contribution in [2.75, 3.05) is 19.6 Å². The maximum absolute atomic E-state index is 11.4. The van der Waals surface area contributed by atoms with Gasteiger partial charge in [0, 0.05) is 12.6 Å². The van der Waals surface area contributed by atoms with Crippen molar-refractivity contribution in [2.45, 2.75) is 64.0 Å². The predicted octanol–water partition coefficient (Wildman–Crippen LogP) is 2.09. The maximum Gasteiger partial charge on any atom is 0.323 e. The van der Waals surface area contributed by atoms with E-state index in [4.69, 9.17) is 0 Å². The zero-order valence-electron chi connectivity index (χ0n) is 12.3. The van der Waals surface area contributed by atoms with Gasteiger partial charge >= 0.3 is 5.97 Å². The summed E-state index contributed by atoms with van der Waals surface area (Å²) in [6.45, 7) is 7.54. The van der Waals surface area contributed by atoms with Crippen LogP contribution < -0.4 is 5.32 Å². The Labute approximate surface area is 116 Å². The number of hydrogen-bond donors (Lipinski definition) is 2. The fourth-order valence-corrected chi connectivity index (χ4v) is 3.02. The first-order valence-electron chi connectivity index (χ1n) is 7.77. The summed E-state index contributed by atoms with van der Waals surface area (Å²) in [5.74, 6) is 0.155. The summed E-state index contributed by atoms with van der Waals surface area (Å²) in [6, 6.07) is 0.442. The van der Waals surface area contributed by atoms with E-state index in [1.165, 1.54) is 25.9 Å². The molecule has 0 radical (unpaired) electrons. The Bertz CT molecular complexity index is 317. The first-order chi connectivity index (χ1) is 9.03. The molecule has 4 nitrogen and oxygen atoms in total. The molecule has 1 saturated carbocycles. The molecule has 0 amide bonds. The smallest absolute Gasteiger partial charge is 0.323 e. The van der Waals surface area contributed by atoms with E-state index in [1.54, 1.807) is 0 Å². The average Bonchev–Trinajstić information content (AvgIpc) is 3.05. The molecule has 2 fully saturated rings. The highest BCUT2D eigenvalue weighted by molar-refractivity contribution is 5.78. The molecule has 0 aromatic heterocycles. The molecule has 110 valence electrons. The van der Waals surface area contributed by atoms with E-state index in [9.17, 15) is 9.90 Å². The normalized spacial score (nSPS) is 27.4. The van der Waals surface area contributed by atoms with Gasteiger partial charge in [-0.05, 0) is 58.0 Å². The standard InChI is InChI=1S/C15H28N2O2/c1-3-12-7-10-17(11-12)9-4-8-15(2,14(18)19)16-13-5-6-13/h12-13,16H,3-11H2,1-2H3,(H,18,19). The molecule has 2 N–H and O–H groups in total. The van der Waals surface area contributed by atoms with Crippen molar-refractivity contribution >= 4 is 5.97 Å². The second kappa shape index (κ2) is 6.23. The molecule has 0 aromatic rings. The highest BCUT2D eigenvalue weighted by atomic mass is 16.4. The van der Waals surface area contributed by atoms with E-state index in [0.717, 1.165) is 38.1 Å². The van der Waals surface area contributed by atoms with Crippen LogP contribution in [-0.2, 0) is 4.79 Å². The summed E-state index contributed by atoms with van der Waals surface area (Å²) in [4.78, 5) is 13.9. The van der Waals surface area contributed by atoms with E-state index >= 15 is 0 Å². The van der Waals surface area contributed by atoms with Crippen LogP contribution in [0.4, 0.5) is 0 Å². The zero-order valence-corrected chi connectivity index (χ0v) is 12.3. The number of carboxylic acid groups (broad SMARTS) is 1. The topological polar surface area (TPSA) is 52.6 Å². The van der Waals surface area contributed by atoms with Gasteiger partial charge in [-0.25, -0.2) is 0 Å². The van der Waals surface area contributed by atoms with Crippen LogP contribution >= 0.6 is 0 Å². The van der Waals surface area contributed by atoms with Gasteiger partial charge in [0.1, 0.15) is 5.54 Å². The lowest BCUT2D eigenvalue weighted by Gasteiger charge is -2.27. The number of nitrogens with one attached hydrogen (secondary N) is 1. The minimum Gasteiger partial charge on any atom is -0.480 e. The third-order valence-corrected chi connectivity index (χ3v) is 4.67. The quantitative estimate of drug-likeness (QED) is 0.708. The zero-order chi connectivity index (χ0) is 13.9. The van der Waals surface area contributed by atoms with Gasteiger partial charge in [0.15, 0.2) is 0 Å². The van der Waals surface area contributed by atoms with E-state index in [2.05, 4.69) is 17.1 Å². The van der Waals surface area contributed by atoms with E-state index in [0.29, 0.717) is 6.04 Å². The Morgan fingerprint density at radius 3 is 2.68 bits per heavy atom. The summed E-state index contributed by atoms with van der Waals surface area (Å²) in [5, 5.41) is 12.7. The lowest BCUT2D eigenvalue weighted by molar-refractivity contribution is -0.144. The van der Waals surface area contributed by atoms with Crippen molar-refractivity contribution in [1.29, 1.82) is 0 Å². The molecule has 2 rings (SSSR count). The molecule has 1 aliphatic heterocycles. The largest absolute Gasteiger partial charge is 0.480 e. The van der Waals surface area contributed by atoms with E-state index < -0.39 is 11.5 Å². The Hall–Kier alpha value is -0.610. The molecule has 1 aliphatic carbocycles. The van der Waals surface area contributed by atoms with Crippen molar-refractivity contribution in [3.8, 4) is 0 Å². The van der Waals surface area contributed by atoms with Crippen LogP contribution in [0.2, 0.25) is 0 Å². The molecular weight excluding hydrogens is 240 g/mol. The number of rotatable bonds is 8. The molecule has 0 spiro atoms. The molecule has 2 atom stereocenters. The number of nitrogens with zero attached hydrogens (tertiary/aromatic N) is 1. The van der Waals surface area contributed by atoms with Gasteiger partial charge in [-0.1, -0.05) is 13.3 Å². The first kappa shape index (κ1) is 14.8. The van der Waals surface area contributed by atoms with Crippen LogP contribution in [-0.4, -0.2) is 47.2 Å². The number of hydrogen-bond acceptors (Lipinski definition) is 3. The Balaban J connectivity index is 1.71. The van der Waals surface area contributed by atoms with Crippen molar-refractivity contribution in [2.24, 2.45) is 5.92 Å². The fourth-order valence-electron chi connectivity index (χ4n) is 3.02. The first-order valence-corrected chi connectivity index (χ1v) is 7.77. The third-order valence-electron chi connectivity index (χ3n) is 4.67. The molecule has 0 aromatic carbocycles. The molecule has 0 bridgehead atoms. The minimum absolute atomic E-state index is 0.442. The van der Waals surface area contributed by atoms with Crippen LogP contribution in [0.5, 0.6) is 0 Å². The van der Waals surface area contributed by atoms with Crippen LogP contribution in [0, 0.1) is 5.92 Å². The van der Waals surface area contributed by atoms with Gasteiger partial charge < -0.3 is 10.0 Å². The summed E-state index contributed by atoms with van der Waals surface area (Å²) >= 11 is 0. The lowest BCUT2D eigenvalue weighted by atomic mass is 9.95. The van der Waals surface area contributed by atoms with Gasteiger partial charge in [0.25, 0.3) is 0 Å². The fraction of sp³-hybridized carbons (Fsp3) is 0.933. The minimum atomic E-state index is -0.731. The summed E-state index contributed by atoms with van der Waals surface area (Å²) in [6.07, 6.45) is 6.55. The van der Waals surface area contributed by atoms with Crippen molar-refractivity contribution in [3.05, 3.63) is 0 Å². The summed E-state index contributed by atoms with van der Waals surface area (Å²) < 4.78 is 0. The summed E-state index contributed by atoms with van der Waals surface area (Å²) in [7, 11) is 0. The van der Waals surface area contributed by atoms with Crippen molar-refractivity contribution in [1.82, 2.24) is 10.2 Å². The number of likely N-dealkylation sites (tertiary alicyclic amines) is 1. The highest BCUT2D eigenvalue weighted by Crippen LogP contribution is 2.26. The van der Waals surface area contributed by atoms with Gasteiger partial charge in [0.2, 0.25) is 0 Å². The molecule has 2 aliphatic rings. The molecule has 19 heavy (non-hydrogen) atoms. The maximum atomic E-state index is 11.4. The lowest BCUT2D eigenvalue weighted by Crippen LogP contribution is -2.50. The van der Waals surface area contributed by atoms with Crippen molar-refractivity contribution in [3.63, 3.8) is 0 Å². The SMILES string of the molecule is CCC1CCN(CCCC(C)(NC2CC2)C(=O)O)C1. The van der Waals surface area contributed by atoms with Gasteiger partial charge in [-0.3, -0.25) is 10.1 Å². The van der Waals surface area contributed by atoms with Crippen LogP contribution in [0.25, 0.3) is 0 Å². The van der Waals surface area contributed by atoms with E-state index in [-0.39, 0.29) is 0 Å². The number of carbonyl (C=O) groups is 1. The molecule has 4 heteroatoms. The Morgan fingerprint density at radius 1 is 1.42 bits per heavy atom. The Kier molecular flexibility index (Phi) is 4.85. The molecule has 2 unspecified atom stereocenters. The second-order valence-electron chi connectivity index (χ2n) is 6.52. The Morgan fingerprint density at radius 2 is 2.16 bits per heavy atom. The van der Waals surface area contributed by atoms with Crippen LogP contribution in [0.1, 0.15) is 52.4 Å². The number of aliphatic carboxylic acids is 1. The average molecular weight is 268 g/mol. The molecule has 1 heterocycles. The molecule has 1 saturated heterocycles. The summed E-state index contributed by atoms with van der Waals surface area (Å²) in [5.41, 5.74) is -0.731. The van der Waals surface area contributed by atoms with Crippen molar-refractivity contribution < 1.29 is 9.90 Å². The molecular formula is C15H28N2O2.